The average molecular weight is 250 g/mol. The molecule has 0 unspecified atom stereocenters. The summed E-state index contributed by atoms with van der Waals surface area (Å²) in [7, 11) is 0. The smallest absolute Gasteiger partial charge is 0.318 e. The largest absolute Gasteiger partial charge is 0.407 e. The molecular weight excluding hydrogens is 228 g/mol. The number of rotatable bonds is 8. The molecule has 2 saturated carbocycles. The highest BCUT2D eigenvalue weighted by atomic mass is 16.4. The zero-order valence-electron chi connectivity index (χ0n) is 11.1. The minimum absolute atomic E-state index is 0.679. The Hall–Kier alpha value is -1.10. The van der Waals surface area contributed by atoms with E-state index >= 15 is 0 Å². The highest BCUT2D eigenvalue weighted by molar-refractivity contribution is 5.24. The van der Waals surface area contributed by atoms with E-state index in [1.165, 1.54) is 25.7 Å². The van der Waals surface area contributed by atoms with Crippen LogP contribution >= 0.6 is 0 Å². The second-order valence-electron chi connectivity index (χ2n) is 5.52. The first kappa shape index (κ1) is 12.0. The second kappa shape index (κ2) is 5.26. The standard InChI is InChI=1S/C13H22N4O/c1-2-7-17(9-10-3-4-10)13-16-15-12(18-13)8-14-11-5-6-11/h10-11,14H,2-9H2,1H3. The summed E-state index contributed by atoms with van der Waals surface area (Å²) in [6.07, 6.45) is 6.38. The number of aromatic nitrogens is 2. The summed E-state index contributed by atoms with van der Waals surface area (Å²) in [5.41, 5.74) is 0. The number of anilines is 1. The van der Waals surface area contributed by atoms with Crippen molar-refractivity contribution in [3.8, 4) is 0 Å². The summed E-state index contributed by atoms with van der Waals surface area (Å²) >= 11 is 0. The van der Waals surface area contributed by atoms with Gasteiger partial charge in [0.1, 0.15) is 0 Å². The monoisotopic (exact) mass is 250 g/mol. The summed E-state index contributed by atoms with van der Waals surface area (Å²) in [4.78, 5) is 2.24. The van der Waals surface area contributed by atoms with Gasteiger partial charge < -0.3 is 14.6 Å². The van der Waals surface area contributed by atoms with Crippen LogP contribution in [0.1, 0.15) is 44.9 Å². The Morgan fingerprint density at radius 1 is 1.28 bits per heavy atom. The molecule has 0 bridgehead atoms. The van der Waals surface area contributed by atoms with Crippen LogP contribution in [-0.4, -0.2) is 29.3 Å². The van der Waals surface area contributed by atoms with Gasteiger partial charge in [-0.15, -0.1) is 5.10 Å². The molecule has 100 valence electrons. The molecule has 1 aromatic heterocycles. The van der Waals surface area contributed by atoms with Gasteiger partial charge in [-0.3, -0.25) is 0 Å². The molecule has 0 aliphatic heterocycles. The van der Waals surface area contributed by atoms with E-state index in [2.05, 4.69) is 27.3 Å². The number of nitrogens with zero attached hydrogens (tertiary/aromatic N) is 3. The Balaban J connectivity index is 1.56. The third-order valence-electron chi connectivity index (χ3n) is 3.52. The topological polar surface area (TPSA) is 54.2 Å². The van der Waals surface area contributed by atoms with Crippen LogP contribution in [0.15, 0.2) is 4.42 Å². The van der Waals surface area contributed by atoms with E-state index in [1.807, 2.05) is 0 Å². The van der Waals surface area contributed by atoms with E-state index in [0.29, 0.717) is 24.5 Å². The second-order valence-corrected chi connectivity index (χ2v) is 5.52. The zero-order valence-corrected chi connectivity index (χ0v) is 11.1. The molecule has 5 heteroatoms. The van der Waals surface area contributed by atoms with Crippen LogP contribution in [0, 0.1) is 5.92 Å². The van der Waals surface area contributed by atoms with Gasteiger partial charge in [0.25, 0.3) is 0 Å². The van der Waals surface area contributed by atoms with E-state index < -0.39 is 0 Å². The van der Waals surface area contributed by atoms with Gasteiger partial charge in [0.15, 0.2) is 0 Å². The summed E-state index contributed by atoms with van der Waals surface area (Å²) in [5, 5.41) is 11.7. The maximum atomic E-state index is 5.75. The van der Waals surface area contributed by atoms with Crippen molar-refractivity contribution < 1.29 is 4.42 Å². The maximum Gasteiger partial charge on any atom is 0.318 e. The van der Waals surface area contributed by atoms with Crippen molar-refractivity contribution in [3.05, 3.63) is 5.89 Å². The lowest BCUT2D eigenvalue weighted by Crippen LogP contribution is -2.26. The Kier molecular flexibility index (Phi) is 3.50. The van der Waals surface area contributed by atoms with Crippen molar-refractivity contribution in [2.24, 2.45) is 5.92 Å². The first-order valence-electron chi connectivity index (χ1n) is 7.16. The number of hydrogen-bond donors (Lipinski definition) is 1. The number of nitrogens with one attached hydrogen (secondary N) is 1. The van der Waals surface area contributed by atoms with Gasteiger partial charge in [0.2, 0.25) is 5.89 Å². The molecule has 1 heterocycles. The van der Waals surface area contributed by atoms with Crippen LogP contribution in [0.25, 0.3) is 0 Å². The molecule has 1 aromatic rings. The molecule has 18 heavy (non-hydrogen) atoms. The Morgan fingerprint density at radius 3 is 2.78 bits per heavy atom. The van der Waals surface area contributed by atoms with E-state index in [9.17, 15) is 0 Å². The third kappa shape index (κ3) is 3.22. The minimum atomic E-state index is 0.679. The van der Waals surface area contributed by atoms with Crippen molar-refractivity contribution in [1.82, 2.24) is 15.5 Å². The van der Waals surface area contributed by atoms with Gasteiger partial charge in [-0.05, 0) is 38.0 Å². The molecule has 0 atom stereocenters. The molecule has 1 N–H and O–H groups in total. The van der Waals surface area contributed by atoms with Crippen LogP contribution in [0.3, 0.4) is 0 Å². The van der Waals surface area contributed by atoms with Crippen LogP contribution in [0.4, 0.5) is 6.01 Å². The molecule has 0 saturated heterocycles. The van der Waals surface area contributed by atoms with E-state index in [-0.39, 0.29) is 0 Å². The highest BCUT2D eigenvalue weighted by Gasteiger charge is 2.26. The van der Waals surface area contributed by atoms with Gasteiger partial charge in [0.05, 0.1) is 6.54 Å². The molecule has 0 amide bonds. The normalized spacial score (nSPS) is 19.2. The summed E-state index contributed by atoms with van der Waals surface area (Å²) in [6.45, 7) is 4.98. The highest BCUT2D eigenvalue weighted by Crippen LogP contribution is 2.31. The van der Waals surface area contributed by atoms with Crippen molar-refractivity contribution in [2.75, 3.05) is 18.0 Å². The van der Waals surface area contributed by atoms with E-state index in [0.717, 1.165) is 25.4 Å². The van der Waals surface area contributed by atoms with Crippen molar-refractivity contribution in [2.45, 2.75) is 51.6 Å². The lowest BCUT2D eigenvalue weighted by Gasteiger charge is -2.18. The minimum Gasteiger partial charge on any atom is -0.407 e. The van der Waals surface area contributed by atoms with Crippen molar-refractivity contribution in [1.29, 1.82) is 0 Å². The van der Waals surface area contributed by atoms with Crippen LogP contribution in [0.2, 0.25) is 0 Å². The van der Waals surface area contributed by atoms with Crippen LogP contribution in [-0.2, 0) is 6.54 Å². The van der Waals surface area contributed by atoms with Gasteiger partial charge >= 0.3 is 6.01 Å². The quantitative estimate of drug-likeness (QED) is 0.764. The predicted molar refractivity (Wildman–Crippen MR) is 69.4 cm³/mol. The fraction of sp³-hybridized carbons (Fsp3) is 0.846. The van der Waals surface area contributed by atoms with Gasteiger partial charge in [-0.1, -0.05) is 12.0 Å². The molecule has 2 fully saturated rings. The first-order chi connectivity index (χ1) is 8.85. The van der Waals surface area contributed by atoms with Gasteiger partial charge in [0, 0.05) is 19.1 Å². The summed E-state index contributed by atoms with van der Waals surface area (Å²) in [5.74, 6) is 1.56. The predicted octanol–water partition coefficient (Wildman–Crippen LogP) is 1.95. The van der Waals surface area contributed by atoms with Gasteiger partial charge in [-0.2, -0.15) is 0 Å². The molecule has 5 nitrogen and oxygen atoms in total. The molecular formula is C13H22N4O. The SMILES string of the molecule is CCCN(CC1CC1)c1nnc(CNC2CC2)o1. The maximum absolute atomic E-state index is 5.75. The molecule has 2 aliphatic carbocycles. The van der Waals surface area contributed by atoms with E-state index in [1.54, 1.807) is 0 Å². The molecule has 0 radical (unpaired) electrons. The fourth-order valence-electron chi connectivity index (χ4n) is 2.11. The molecule has 3 rings (SSSR count). The Bertz CT molecular complexity index is 384. The molecule has 0 aromatic carbocycles. The average Bonchev–Trinajstić information content (AvgIpc) is 3.28. The van der Waals surface area contributed by atoms with Crippen molar-refractivity contribution in [3.63, 3.8) is 0 Å². The fourth-order valence-corrected chi connectivity index (χ4v) is 2.11. The van der Waals surface area contributed by atoms with Gasteiger partial charge in [-0.25, -0.2) is 0 Å². The Morgan fingerprint density at radius 2 is 2.11 bits per heavy atom. The van der Waals surface area contributed by atoms with E-state index in [4.69, 9.17) is 4.42 Å². The third-order valence-corrected chi connectivity index (χ3v) is 3.52. The number of hydrogen-bond acceptors (Lipinski definition) is 5. The lowest BCUT2D eigenvalue weighted by molar-refractivity contribution is 0.456. The molecule has 2 aliphatic rings. The summed E-state index contributed by atoms with van der Waals surface area (Å²) in [6, 6.07) is 1.38. The lowest BCUT2D eigenvalue weighted by atomic mass is 10.3. The Labute approximate surface area is 108 Å². The zero-order chi connectivity index (χ0) is 12.4. The van der Waals surface area contributed by atoms with Crippen LogP contribution in [0.5, 0.6) is 0 Å². The molecule has 0 spiro atoms. The van der Waals surface area contributed by atoms with Crippen molar-refractivity contribution >= 4 is 6.01 Å². The first-order valence-corrected chi connectivity index (χ1v) is 7.16. The summed E-state index contributed by atoms with van der Waals surface area (Å²) < 4.78 is 5.75. The van der Waals surface area contributed by atoms with Crippen LogP contribution < -0.4 is 10.2 Å².